The lowest BCUT2D eigenvalue weighted by Crippen LogP contribution is -2.35. The number of para-hydroxylation sites is 1. The predicted molar refractivity (Wildman–Crippen MR) is 117 cm³/mol. The van der Waals surface area contributed by atoms with E-state index in [0.29, 0.717) is 18.5 Å². The van der Waals surface area contributed by atoms with Crippen LogP contribution in [-0.4, -0.2) is 42.1 Å². The van der Waals surface area contributed by atoms with Gasteiger partial charge in [-0.25, -0.2) is 0 Å². The van der Waals surface area contributed by atoms with Gasteiger partial charge >= 0.3 is 0 Å². The minimum atomic E-state index is -0.591. The summed E-state index contributed by atoms with van der Waals surface area (Å²) >= 11 is 3.65. The van der Waals surface area contributed by atoms with Crippen LogP contribution in [0.2, 0.25) is 0 Å². The van der Waals surface area contributed by atoms with Gasteiger partial charge in [0.2, 0.25) is 0 Å². The van der Waals surface area contributed by atoms with E-state index in [2.05, 4.69) is 46.6 Å². The van der Waals surface area contributed by atoms with E-state index in [1.165, 1.54) is 0 Å². The maximum atomic E-state index is 10.3. The third-order valence-electron chi connectivity index (χ3n) is 4.60. The van der Waals surface area contributed by atoms with Crippen LogP contribution in [0, 0.1) is 6.92 Å². The molecule has 1 unspecified atom stereocenters. The molecule has 6 heteroatoms. The molecule has 5 nitrogen and oxygen atoms in total. The van der Waals surface area contributed by atoms with Gasteiger partial charge in [0.1, 0.15) is 18.5 Å². The molecule has 3 rings (SSSR count). The number of hydrogen-bond acceptors (Lipinski definition) is 4. The van der Waals surface area contributed by atoms with Gasteiger partial charge in [-0.05, 0) is 46.6 Å². The smallest absolute Gasteiger partial charge is 0.199 e. The minimum absolute atomic E-state index is 0.209. The molecule has 0 aliphatic heterocycles. The molecule has 0 bridgehead atoms. The zero-order chi connectivity index (χ0) is 20.3. The molecular weight excluding hydrogens is 420 g/mol. The van der Waals surface area contributed by atoms with Gasteiger partial charge in [-0.1, -0.05) is 32.0 Å². The molecule has 0 aliphatic rings. The van der Waals surface area contributed by atoms with Gasteiger partial charge in [0, 0.05) is 29.7 Å². The van der Waals surface area contributed by atoms with E-state index in [4.69, 9.17) is 9.47 Å². The first-order valence-electron chi connectivity index (χ1n) is 9.40. The number of benzene rings is 2. The van der Waals surface area contributed by atoms with Crippen molar-refractivity contribution in [3.05, 3.63) is 52.5 Å². The van der Waals surface area contributed by atoms with E-state index in [1.54, 1.807) is 7.11 Å². The highest BCUT2D eigenvalue weighted by Gasteiger charge is 2.19. The summed E-state index contributed by atoms with van der Waals surface area (Å²) in [5.74, 6) is 1.47. The van der Waals surface area contributed by atoms with Crippen molar-refractivity contribution >= 4 is 26.8 Å². The van der Waals surface area contributed by atoms with E-state index in [9.17, 15) is 5.11 Å². The molecule has 1 aromatic heterocycles. The van der Waals surface area contributed by atoms with Gasteiger partial charge < -0.3 is 19.9 Å². The van der Waals surface area contributed by atoms with E-state index in [1.807, 2.05) is 42.5 Å². The van der Waals surface area contributed by atoms with Gasteiger partial charge in [-0.2, -0.15) is 0 Å². The normalized spacial score (nSPS) is 12.5. The van der Waals surface area contributed by atoms with Crippen LogP contribution in [0.15, 0.2) is 46.9 Å². The van der Waals surface area contributed by atoms with E-state index < -0.39 is 6.10 Å². The highest BCUT2D eigenvalue weighted by atomic mass is 79.9. The topological polar surface area (TPSA) is 55.6 Å². The Morgan fingerprint density at radius 2 is 1.89 bits per heavy atom. The second-order valence-electron chi connectivity index (χ2n) is 7.14. The number of hydrogen-bond donors (Lipinski definition) is 2. The Hall–Kier alpha value is -2.02. The van der Waals surface area contributed by atoms with E-state index in [0.717, 1.165) is 32.4 Å². The summed E-state index contributed by atoms with van der Waals surface area (Å²) in [6.45, 7) is 6.85. The number of aliphatic hydroxyl groups is 1. The van der Waals surface area contributed by atoms with Crippen molar-refractivity contribution < 1.29 is 14.6 Å². The van der Waals surface area contributed by atoms with Crippen LogP contribution < -0.4 is 14.8 Å². The fourth-order valence-corrected chi connectivity index (χ4v) is 3.66. The van der Waals surface area contributed by atoms with Crippen LogP contribution >= 0.6 is 15.9 Å². The number of halogens is 1. The van der Waals surface area contributed by atoms with E-state index in [-0.39, 0.29) is 6.61 Å². The van der Waals surface area contributed by atoms with Gasteiger partial charge in [0.05, 0.1) is 17.1 Å². The molecule has 0 spiro atoms. The van der Waals surface area contributed by atoms with Gasteiger partial charge in [0.15, 0.2) is 5.88 Å². The van der Waals surface area contributed by atoms with Crippen molar-refractivity contribution in [2.24, 2.45) is 0 Å². The average molecular weight is 447 g/mol. The average Bonchev–Trinajstić information content (AvgIpc) is 3.06. The molecule has 28 heavy (non-hydrogen) atoms. The van der Waals surface area contributed by atoms with Gasteiger partial charge in [-0.3, -0.25) is 4.57 Å². The first kappa shape index (κ1) is 20.7. The lowest BCUT2D eigenvalue weighted by atomic mass is 10.1. The third kappa shape index (κ3) is 4.35. The Labute approximate surface area is 174 Å². The molecule has 0 saturated heterocycles. The van der Waals surface area contributed by atoms with Crippen molar-refractivity contribution in [3.8, 4) is 17.3 Å². The standard InChI is InChI=1S/C22H27BrN2O3/c1-14(2)24-12-18(26)13-28-20-11-16-10-19(27-4)21(23)15(3)22(16)25(20)17-8-6-5-7-9-17/h5-11,14,18,24,26H,12-13H2,1-4H3. The summed E-state index contributed by atoms with van der Waals surface area (Å²) in [5, 5.41) is 14.5. The number of methoxy groups -OCH3 is 1. The molecule has 0 amide bonds. The van der Waals surface area contributed by atoms with Crippen molar-refractivity contribution in [2.75, 3.05) is 20.3 Å². The van der Waals surface area contributed by atoms with Gasteiger partial charge in [-0.15, -0.1) is 0 Å². The zero-order valence-corrected chi connectivity index (χ0v) is 18.3. The largest absolute Gasteiger partial charge is 0.496 e. The SMILES string of the molecule is COc1cc2cc(OCC(O)CNC(C)C)n(-c3ccccc3)c2c(C)c1Br. The lowest BCUT2D eigenvalue weighted by molar-refractivity contribution is 0.101. The number of aliphatic hydroxyl groups excluding tert-OH is 1. The maximum absolute atomic E-state index is 10.3. The summed E-state index contributed by atoms with van der Waals surface area (Å²) in [5.41, 5.74) is 3.11. The van der Waals surface area contributed by atoms with Crippen LogP contribution in [0.3, 0.4) is 0 Å². The number of aromatic nitrogens is 1. The number of aryl methyl sites for hydroxylation is 1. The third-order valence-corrected chi connectivity index (χ3v) is 5.59. The van der Waals surface area contributed by atoms with Crippen LogP contribution in [0.1, 0.15) is 19.4 Å². The second kappa shape index (κ2) is 8.99. The monoisotopic (exact) mass is 446 g/mol. The van der Waals surface area contributed by atoms with Crippen LogP contribution in [0.25, 0.3) is 16.6 Å². The highest BCUT2D eigenvalue weighted by Crippen LogP contribution is 2.39. The molecule has 1 heterocycles. The Kier molecular flexibility index (Phi) is 6.65. The predicted octanol–water partition coefficient (Wildman–Crippen LogP) is 4.45. The molecular formula is C22H27BrN2O3. The van der Waals surface area contributed by atoms with Crippen LogP contribution in [0.5, 0.6) is 11.6 Å². The highest BCUT2D eigenvalue weighted by molar-refractivity contribution is 9.10. The molecule has 0 fully saturated rings. The fourth-order valence-electron chi connectivity index (χ4n) is 3.19. The first-order chi connectivity index (χ1) is 13.4. The van der Waals surface area contributed by atoms with Gasteiger partial charge in [0.25, 0.3) is 0 Å². The van der Waals surface area contributed by atoms with E-state index >= 15 is 0 Å². The van der Waals surface area contributed by atoms with Crippen LogP contribution in [-0.2, 0) is 0 Å². The second-order valence-corrected chi connectivity index (χ2v) is 7.93. The Morgan fingerprint density at radius 1 is 1.18 bits per heavy atom. The van der Waals surface area contributed by atoms with Crippen molar-refractivity contribution in [2.45, 2.75) is 32.9 Å². The molecule has 0 aliphatic carbocycles. The molecule has 1 atom stereocenters. The fraction of sp³-hybridized carbons (Fsp3) is 0.364. The van der Waals surface area contributed by atoms with Crippen molar-refractivity contribution in [1.29, 1.82) is 0 Å². The Morgan fingerprint density at radius 3 is 2.54 bits per heavy atom. The molecule has 150 valence electrons. The number of nitrogens with one attached hydrogen (secondary N) is 1. The number of nitrogens with zero attached hydrogens (tertiary/aromatic N) is 1. The maximum Gasteiger partial charge on any atom is 0.199 e. The van der Waals surface area contributed by atoms with Crippen molar-refractivity contribution in [3.63, 3.8) is 0 Å². The quantitative estimate of drug-likeness (QED) is 0.536. The Bertz CT molecular complexity index is 938. The lowest BCUT2D eigenvalue weighted by Gasteiger charge is -2.17. The number of rotatable bonds is 8. The minimum Gasteiger partial charge on any atom is -0.496 e. The molecule has 2 aromatic carbocycles. The first-order valence-corrected chi connectivity index (χ1v) is 10.2. The number of fused-ring (bicyclic) bond motifs is 1. The summed E-state index contributed by atoms with van der Waals surface area (Å²) in [4.78, 5) is 0. The summed E-state index contributed by atoms with van der Waals surface area (Å²) < 4.78 is 14.6. The van der Waals surface area contributed by atoms with Crippen molar-refractivity contribution in [1.82, 2.24) is 9.88 Å². The zero-order valence-electron chi connectivity index (χ0n) is 16.7. The molecule has 0 radical (unpaired) electrons. The summed E-state index contributed by atoms with van der Waals surface area (Å²) in [6.07, 6.45) is -0.591. The Balaban J connectivity index is 2.02. The summed E-state index contributed by atoms with van der Waals surface area (Å²) in [6, 6.07) is 14.4. The number of ether oxygens (including phenoxy) is 2. The molecule has 3 aromatic rings. The van der Waals surface area contributed by atoms with Crippen LogP contribution in [0.4, 0.5) is 0 Å². The molecule has 2 N–H and O–H groups in total. The molecule has 0 saturated carbocycles. The summed E-state index contributed by atoms with van der Waals surface area (Å²) in [7, 11) is 1.66.